The van der Waals surface area contributed by atoms with Crippen molar-refractivity contribution in [2.24, 2.45) is 0 Å². The monoisotopic (exact) mass is 381 g/mol. The smallest absolute Gasteiger partial charge is 0.292 e. The van der Waals surface area contributed by atoms with Crippen molar-refractivity contribution < 1.29 is 4.92 Å². The first-order chi connectivity index (χ1) is 13.2. The van der Waals surface area contributed by atoms with Gasteiger partial charge in [-0.25, -0.2) is 0 Å². The quantitative estimate of drug-likeness (QED) is 0.287. The number of hydrogen-bond acceptors (Lipinski definition) is 8. The highest BCUT2D eigenvalue weighted by Gasteiger charge is 2.12. The van der Waals surface area contributed by atoms with Crippen molar-refractivity contribution >= 4 is 34.2 Å². The number of rotatable bonds is 7. The van der Waals surface area contributed by atoms with Gasteiger partial charge in [-0.1, -0.05) is 12.1 Å². The van der Waals surface area contributed by atoms with Crippen LogP contribution in [0.15, 0.2) is 53.2 Å². The lowest BCUT2D eigenvalue weighted by atomic mass is 10.2. The first-order valence-electron chi connectivity index (χ1n) is 8.18. The molecule has 0 amide bonds. The van der Waals surface area contributed by atoms with Crippen LogP contribution < -0.4 is 10.6 Å². The Morgan fingerprint density at radius 3 is 2.74 bits per heavy atom. The molecule has 4 rings (SSSR count). The molecule has 1 aromatic carbocycles. The third-order valence-electron chi connectivity index (χ3n) is 3.89. The van der Waals surface area contributed by atoms with Gasteiger partial charge in [-0.15, -0.1) is 15.3 Å². The van der Waals surface area contributed by atoms with E-state index in [-0.39, 0.29) is 5.69 Å². The molecule has 0 radical (unpaired) electrons. The van der Waals surface area contributed by atoms with Crippen molar-refractivity contribution in [3.8, 4) is 11.4 Å². The maximum atomic E-state index is 11.0. The Morgan fingerprint density at radius 1 is 1.07 bits per heavy atom. The zero-order valence-corrected chi connectivity index (χ0v) is 14.9. The van der Waals surface area contributed by atoms with Gasteiger partial charge in [-0.3, -0.25) is 10.1 Å². The van der Waals surface area contributed by atoms with Crippen LogP contribution in [0.2, 0.25) is 0 Å². The average molecular weight is 381 g/mol. The number of anilines is 2. The maximum absolute atomic E-state index is 11.0. The van der Waals surface area contributed by atoms with E-state index in [1.54, 1.807) is 34.1 Å². The predicted octanol–water partition coefficient (Wildman–Crippen LogP) is 3.29. The number of nitro benzene ring substituents is 1. The van der Waals surface area contributed by atoms with Crippen LogP contribution in [-0.4, -0.2) is 37.8 Å². The van der Waals surface area contributed by atoms with E-state index in [0.717, 1.165) is 5.56 Å². The number of nitro groups is 1. The topological polar surface area (TPSA) is 110 Å². The molecular formula is C17H15N7O2S. The Morgan fingerprint density at radius 2 is 1.93 bits per heavy atom. The Labute approximate surface area is 157 Å². The predicted molar refractivity (Wildman–Crippen MR) is 104 cm³/mol. The minimum absolute atomic E-state index is 0.0574. The fourth-order valence-electron chi connectivity index (χ4n) is 2.62. The molecule has 10 heteroatoms. The Hall–Kier alpha value is -3.53. The molecule has 0 aliphatic carbocycles. The van der Waals surface area contributed by atoms with Gasteiger partial charge in [0, 0.05) is 30.1 Å². The second-order valence-electron chi connectivity index (χ2n) is 5.65. The largest absolute Gasteiger partial charge is 0.378 e. The summed E-state index contributed by atoms with van der Waals surface area (Å²) in [6, 6.07) is 12.2. The van der Waals surface area contributed by atoms with Gasteiger partial charge in [-0.05, 0) is 29.6 Å². The Bertz CT molecular complexity index is 1080. The van der Waals surface area contributed by atoms with Crippen molar-refractivity contribution in [3.05, 3.63) is 63.3 Å². The highest BCUT2D eigenvalue weighted by molar-refractivity contribution is 7.08. The molecule has 0 saturated carbocycles. The first-order valence-corrected chi connectivity index (χ1v) is 9.13. The highest BCUT2D eigenvalue weighted by Crippen LogP contribution is 2.23. The molecule has 0 fully saturated rings. The number of fused-ring (bicyclic) bond motifs is 1. The maximum Gasteiger partial charge on any atom is 0.292 e. The van der Waals surface area contributed by atoms with Crippen LogP contribution in [-0.2, 0) is 0 Å². The second kappa shape index (κ2) is 7.38. The van der Waals surface area contributed by atoms with E-state index in [9.17, 15) is 10.1 Å². The normalized spacial score (nSPS) is 10.8. The fraction of sp³-hybridized carbons (Fsp3) is 0.118. The number of nitrogens with zero attached hydrogens (tertiary/aromatic N) is 5. The lowest BCUT2D eigenvalue weighted by Gasteiger charge is -2.09. The zero-order chi connectivity index (χ0) is 18.6. The Kier molecular flexibility index (Phi) is 4.62. The molecule has 0 spiro atoms. The third kappa shape index (κ3) is 3.55. The van der Waals surface area contributed by atoms with Crippen LogP contribution in [0.25, 0.3) is 17.0 Å². The summed E-state index contributed by atoms with van der Waals surface area (Å²) < 4.78 is 1.69. The molecule has 0 saturated heterocycles. The summed E-state index contributed by atoms with van der Waals surface area (Å²) in [6.45, 7) is 1.05. The number of benzene rings is 1. The van der Waals surface area contributed by atoms with E-state index < -0.39 is 4.92 Å². The summed E-state index contributed by atoms with van der Waals surface area (Å²) in [5.41, 5.74) is 2.18. The SMILES string of the molecule is O=[N+]([O-])c1ccccc1NCCNc1ccc2nnc(-c3ccsc3)n2n1. The minimum Gasteiger partial charge on any atom is -0.378 e. The van der Waals surface area contributed by atoms with Crippen molar-refractivity contribution in [2.45, 2.75) is 0 Å². The standard InChI is InChI=1S/C17H15N7O2S/c25-24(26)14-4-2-1-3-13(14)18-8-9-19-15-5-6-16-20-21-17(23(16)22-15)12-7-10-27-11-12/h1-7,10-11,18H,8-9H2,(H,19,22). The van der Waals surface area contributed by atoms with Gasteiger partial charge >= 0.3 is 0 Å². The summed E-state index contributed by atoms with van der Waals surface area (Å²) in [4.78, 5) is 10.6. The molecule has 4 aromatic rings. The minimum atomic E-state index is -0.400. The van der Waals surface area contributed by atoms with Crippen LogP contribution in [0, 0.1) is 10.1 Å². The molecule has 136 valence electrons. The molecule has 3 heterocycles. The van der Waals surface area contributed by atoms with E-state index in [2.05, 4.69) is 25.9 Å². The van der Waals surface area contributed by atoms with E-state index in [1.165, 1.54) is 6.07 Å². The van der Waals surface area contributed by atoms with Crippen LogP contribution in [0.1, 0.15) is 0 Å². The van der Waals surface area contributed by atoms with Crippen molar-refractivity contribution in [1.82, 2.24) is 19.8 Å². The fourth-order valence-corrected chi connectivity index (χ4v) is 3.26. The molecule has 0 atom stereocenters. The summed E-state index contributed by atoms with van der Waals surface area (Å²) >= 11 is 1.59. The van der Waals surface area contributed by atoms with Gasteiger partial charge in [0.2, 0.25) is 0 Å². The summed E-state index contributed by atoms with van der Waals surface area (Å²) in [7, 11) is 0. The van der Waals surface area contributed by atoms with Crippen LogP contribution in [0.5, 0.6) is 0 Å². The molecule has 3 aromatic heterocycles. The second-order valence-corrected chi connectivity index (χ2v) is 6.43. The van der Waals surface area contributed by atoms with Crippen LogP contribution in [0.4, 0.5) is 17.2 Å². The molecule has 0 bridgehead atoms. The van der Waals surface area contributed by atoms with Crippen LogP contribution in [0.3, 0.4) is 0 Å². The summed E-state index contributed by atoms with van der Waals surface area (Å²) in [5.74, 6) is 1.36. The number of hydrogen-bond donors (Lipinski definition) is 2. The first kappa shape index (κ1) is 16.9. The molecular weight excluding hydrogens is 366 g/mol. The van der Waals surface area contributed by atoms with Crippen molar-refractivity contribution in [1.29, 1.82) is 0 Å². The van der Waals surface area contributed by atoms with E-state index in [4.69, 9.17) is 0 Å². The molecule has 0 aliphatic rings. The third-order valence-corrected chi connectivity index (χ3v) is 4.57. The molecule has 0 aliphatic heterocycles. The van der Waals surface area contributed by atoms with Gasteiger partial charge in [0.25, 0.3) is 5.69 Å². The number of aromatic nitrogens is 4. The summed E-state index contributed by atoms with van der Waals surface area (Å²) in [6.07, 6.45) is 0. The van der Waals surface area contributed by atoms with Crippen molar-refractivity contribution in [3.63, 3.8) is 0 Å². The summed E-state index contributed by atoms with van der Waals surface area (Å²) in [5, 5.41) is 34.1. The van der Waals surface area contributed by atoms with E-state index >= 15 is 0 Å². The van der Waals surface area contributed by atoms with Crippen LogP contribution >= 0.6 is 11.3 Å². The van der Waals surface area contributed by atoms with E-state index in [1.807, 2.05) is 29.0 Å². The lowest BCUT2D eigenvalue weighted by Crippen LogP contribution is -2.15. The van der Waals surface area contributed by atoms with Gasteiger partial charge in [0.1, 0.15) is 11.5 Å². The number of para-hydroxylation sites is 2. The highest BCUT2D eigenvalue weighted by atomic mass is 32.1. The molecule has 2 N–H and O–H groups in total. The van der Waals surface area contributed by atoms with Gasteiger partial charge in [0.05, 0.1) is 4.92 Å². The van der Waals surface area contributed by atoms with Gasteiger partial charge in [0.15, 0.2) is 11.5 Å². The van der Waals surface area contributed by atoms with Gasteiger partial charge in [-0.2, -0.15) is 15.9 Å². The number of nitrogens with one attached hydrogen (secondary N) is 2. The zero-order valence-electron chi connectivity index (χ0n) is 14.1. The molecule has 0 unspecified atom stereocenters. The average Bonchev–Trinajstić information content (AvgIpc) is 3.34. The molecule has 9 nitrogen and oxygen atoms in total. The van der Waals surface area contributed by atoms with E-state index in [0.29, 0.717) is 36.1 Å². The lowest BCUT2D eigenvalue weighted by molar-refractivity contribution is -0.384. The molecule has 27 heavy (non-hydrogen) atoms. The van der Waals surface area contributed by atoms with Gasteiger partial charge < -0.3 is 10.6 Å². The number of thiophene rings is 1. The van der Waals surface area contributed by atoms with Crippen molar-refractivity contribution in [2.75, 3.05) is 23.7 Å². The Balaban J connectivity index is 1.43.